The van der Waals surface area contributed by atoms with Gasteiger partial charge >= 0.3 is 0 Å². The second-order valence-electron chi connectivity index (χ2n) is 2.64. The monoisotopic (exact) mass is 201 g/mol. The van der Waals surface area contributed by atoms with Crippen LogP contribution >= 0.6 is 11.8 Å². The van der Waals surface area contributed by atoms with Crippen LogP contribution in [0.5, 0.6) is 0 Å². The summed E-state index contributed by atoms with van der Waals surface area (Å²) in [6, 6.07) is 0. The molecule has 0 aliphatic carbocycles. The van der Waals surface area contributed by atoms with E-state index >= 15 is 0 Å². The molecule has 0 amide bonds. The van der Waals surface area contributed by atoms with Crippen LogP contribution in [-0.2, 0) is 0 Å². The number of hydrogen-bond donors (Lipinski definition) is 1. The van der Waals surface area contributed by atoms with Crippen molar-refractivity contribution >= 4 is 11.8 Å². The molecule has 4 nitrogen and oxygen atoms in total. The van der Waals surface area contributed by atoms with Gasteiger partial charge in [0.05, 0.1) is 0 Å². The number of hydrogen-bond acceptors (Lipinski definition) is 5. The molecule has 0 aliphatic rings. The van der Waals surface area contributed by atoms with E-state index in [1.54, 1.807) is 18.7 Å². The molecule has 0 bridgehead atoms. The predicted molar refractivity (Wildman–Crippen MR) is 52.9 cm³/mol. The van der Waals surface area contributed by atoms with E-state index in [1.165, 1.54) is 0 Å². The second kappa shape index (κ2) is 5.99. The number of aryl methyl sites for hydroxylation is 1. The van der Waals surface area contributed by atoms with Crippen LogP contribution in [-0.4, -0.2) is 29.0 Å². The van der Waals surface area contributed by atoms with Crippen LogP contribution in [0.3, 0.4) is 0 Å². The van der Waals surface area contributed by atoms with E-state index < -0.39 is 0 Å². The Morgan fingerprint density at radius 2 is 2.31 bits per heavy atom. The highest BCUT2D eigenvalue weighted by Gasteiger charge is 2.01. The second-order valence-corrected chi connectivity index (χ2v) is 3.69. The summed E-state index contributed by atoms with van der Waals surface area (Å²) in [5, 5.41) is 11.6. The Morgan fingerprint density at radius 1 is 1.46 bits per heavy atom. The Labute approximate surface area is 82.5 Å². The molecule has 0 aromatic carbocycles. The molecule has 5 heteroatoms. The minimum absolute atomic E-state index is 0.634. The molecule has 0 atom stereocenters. The van der Waals surface area contributed by atoms with Crippen LogP contribution in [0.4, 0.5) is 0 Å². The van der Waals surface area contributed by atoms with Crippen LogP contribution in [0, 0.1) is 6.92 Å². The fraction of sp³-hybridized carbons (Fsp3) is 0.750. The van der Waals surface area contributed by atoms with Crippen molar-refractivity contribution in [3.8, 4) is 0 Å². The lowest BCUT2D eigenvalue weighted by Gasteiger charge is -1.98. The fourth-order valence-corrected chi connectivity index (χ4v) is 1.61. The summed E-state index contributed by atoms with van der Waals surface area (Å²) in [6.07, 6.45) is 1.12. The van der Waals surface area contributed by atoms with Gasteiger partial charge in [0.15, 0.2) is 0 Å². The number of rotatable bonds is 6. The van der Waals surface area contributed by atoms with Crippen LogP contribution in [0.2, 0.25) is 0 Å². The molecule has 1 aromatic heterocycles. The lowest BCUT2D eigenvalue weighted by Crippen LogP contribution is -2.14. The third kappa shape index (κ3) is 4.28. The van der Waals surface area contributed by atoms with Crippen molar-refractivity contribution < 1.29 is 4.42 Å². The maximum absolute atomic E-state index is 5.21. The van der Waals surface area contributed by atoms with E-state index in [0.29, 0.717) is 11.1 Å². The van der Waals surface area contributed by atoms with Gasteiger partial charge in [-0.2, -0.15) is 0 Å². The molecule has 0 saturated heterocycles. The van der Waals surface area contributed by atoms with Crippen molar-refractivity contribution in [2.24, 2.45) is 0 Å². The number of nitrogens with one attached hydrogen (secondary N) is 1. The number of aromatic nitrogens is 2. The molecule has 0 fully saturated rings. The summed E-state index contributed by atoms with van der Waals surface area (Å²) >= 11 is 1.61. The van der Waals surface area contributed by atoms with Gasteiger partial charge in [0.2, 0.25) is 5.89 Å². The largest absolute Gasteiger partial charge is 0.416 e. The summed E-state index contributed by atoms with van der Waals surface area (Å²) in [4.78, 5) is 0. The average molecular weight is 201 g/mol. The lowest BCUT2D eigenvalue weighted by atomic mass is 10.5. The van der Waals surface area contributed by atoms with Gasteiger partial charge in [-0.3, -0.25) is 0 Å². The zero-order chi connectivity index (χ0) is 9.52. The number of thioether (sulfide) groups is 1. The predicted octanol–water partition coefficient (Wildman–Crippen LogP) is 1.47. The normalized spacial score (nSPS) is 10.6. The van der Waals surface area contributed by atoms with Crippen LogP contribution < -0.4 is 5.32 Å². The van der Waals surface area contributed by atoms with Crippen molar-refractivity contribution in [2.75, 3.05) is 18.8 Å². The molecule has 1 aromatic rings. The Balaban J connectivity index is 2.06. The highest BCUT2D eigenvalue weighted by molar-refractivity contribution is 7.99. The van der Waals surface area contributed by atoms with E-state index in [4.69, 9.17) is 4.42 Å². The molecule has 1 rings (SSSR count). The SMILES string of the molecule is CCNCCCSc1nnc(C)o1. The summed E-state index contributed by atoms with van der Waals surface area (Å²) < 4.78 is 5.21. The van der Waals surface area contributed by atoms with E-state index in [2.05, 4.69) is 22.4 Å². The quantitative estimate of drug-likeness (QED) is 0.558. The van der Waals surface area contributed by atoms with Crippen molar-refractivity contribution in [1.29, 1.82) is 0 Å². The van der Waals surface area contributed by atoms with Gasteiger partial charge in [0.25, 0.3) is 5.22 Å². The molecular formula is C8H15N3OS. The minimum Gasteiger partial charge on any atom is -0.416 e. The Hall–Kier alpha value is -0.550. The van der Waals surface area contributed by atoms with Gasteiger partial charge in [-0.1, -0.05) is 18.7 Å². The summed E-state index contributed by atoms with van der Waals surface area (Å²) in [7, 11) is 0. The Bertz CT molecular complexity index is 239. The van der Waals surface area contributed by atoms with Gasteiger partial charge in [0, 0.05) is 12.7 Å². The zero-order valence-corrected chi connectivity index (χ0v) is 8.86. The highest BCUT2D eigenvalue weighted by Crippen LogP contribution is 2.15. The van der Waals surface area contributed by atoms with Crippen LogP contribution in [0.25, 0.3) is 0 Å². The minimum atomic E-state index is 0.634. The Morgan fingerprint density at radius 3 is 2.92 bits per heavy atom. The van der Waals surface area contributed by atoms with Crippen molar-refractivity contribution in [2.45, 2.75) is 25.5 Å². The van der Waals surface area contributed by atoms with E-state index in [1.807, 2.05) is 0 Å². The van der Waals surface area contributed by atoms with Crippen molar-refractivity contribution in [3.63, 3.8) is 0 Å². The van der Waals surface area contributed by atoms with Gasteiger partial charge in [-0.25, -0.2) is 0 Å². The third-order valence-corrected chi connectivity index (χ3v) is 2.39. The number of nitrogens with zero attached hydrogens (tertiary/aromatic N) is 2. The van der Waals surface area contributed by atoms with E-state index in [9.17, 15) is 0 Å². The van der Waals surface area contributed by atoms with Crippen molar-refractivity contribution in [3.05, 3.63) is 5.89 Å². The lowest BCUT2D eigenvalue weighted by molar-refractivity contribution is 0.429. The first-order valence-electron chi connectivity index (χ1n) is 4.46. The molecule has 0 radical (unpaired) electrons. The van der Waals surface area contributed by atoms with Crippen LogP contribution in [0.1, 0.15) is 19.2 Å². The fourth-order valence-electron chi connectivity index (χ4n) is 0.870. The molecule has 0 saturated carbocycles. The first-order valence-corrected chi connectivity index (χ1v) is 5.45. The standard InChI is InChI=1S/C8H15N3OS/c1-3-9-5-4-6-13-8-11-10-7(2)12-8/h9H,3-6H2,1-2H3. The summed E-state index contributed by atoms with van der Waals surface area (Å²) in [5.41, 5.74) is 0. The first kappa shape index (κ1) is 10.5. The summed E-state index contributed by atoms with van der Waals surface area (Å²) in [5.74, 6) is 1.66. The third-order valence-electron chi connectivity index (χ3n) is 1.48. The molecule has 1 heterocycles. The maximum Gasteiger partial charge on any atom is 0.276 e. The topological polar surface area (TPSA) is 51.0 Å². The molecule has 0 spiro atoms. The molecular weight excluding hydrogens is 186 g/mol. The molecule has 1 N–H and O–H groups in total. The molecule has 0 aliphatic heterocycles. The highest BCUT2D eigenvalue weighted by atomic mass is 32.2. The average Bonchev–Trinajstić information content (AvgIpc) is 2.51. The van der Waals surface area contributed by atoms with Gasteiger partial charge in [-0.15, -0.1) is 10.2 Å². The first-order chi connectivity index (χ1) is 6.33. The molecule has 0 unspecified atom stereocenters. The maximum atomic E-state index is 5.21. The van der Waals surface area contributed by atoms with E-state index in [-0.39, 0.29) is 0 Å². The zero-order valence-electron chi connectivity index (χ0n) is 8.04. The smallest absolute Gasteiger partial charge is 0.276 e. The molecule has 13 heavy (non-hydrogen) atoms. The Kier molecular flexibility index (Phi) is 4.85. The van der Waals surface area contributed by atoms with E-state index in [0.717, 1.165) is 25.3 Å². The van der Waals surface area contributed by atoms with Crippen LogP contribution in [0.15, 0.2) is 9.64 Å². The van der Waals surface area contributed by atoms with Gasteiger partial charge in [-0.05, 0) is 19.5 Å². The van der Waals surface area contributed by atoms with Gasteiger partial charge in [0.1, 0.15) is 0 Å². The molecule has 74 valence electrons. The summed E-state index contributed by atoms with van der Waals surface area (Å²) in [6.45, 7) is 5.99. The van der Waals surface area contributed by atoms with Crippen molar-refractivity contribution in [1.82, 2.24) is 15.5 Å². The van der Waals surface area contributed by atoms with Gasteiger partial charge < -0.3 is 9.73 Å².